The van der Waals surface area contributed by atoms with Crippen LogP contribution < -0.4 is 0 Å². The van der Waals surface area contributed by atoms with Gasteiger partial charge in [0.25, 0.3) is 0 Å². The van der Waals surface area contributed by atoms with Crippen molar-refractivity contribution >= 4 is 16.7 Å². The van der Waals surface area contributed by atoms with E-state index in [0.717, 1.165) is 27.7 Å². The Balaban J connectivity index is 1.76. The normalized spacial score (nSPS) is 11.3. The van der Waals surface area contributed by atoms with Crippen molar-refractivity contribution in [3.05, 3.63) is 71.2 Å². The van der Waals surface area contributed by atoms with Crippen LogP contribution in [0.3, 0.4) is 0 Å². The fourth-order valence-corrected chi connectivity index (χ4v) is 2.96. The smallest absolute Gasteiger partial charge is 0.179 e. The highest BCUT2D eigenvalue weighted by molar-refractivity contribution is 6.10. The molecule has 3 nitrogen and oxygen atoms in total. The Bertz CT molecular complexity index is 853. The van der Waals surface area contributed by atoms with Crippen LogP contribution in [0.5, 0.6) is 0 Å². The first-order chi connectivity index (χ1) is 11.0. The molecule has 2 aromatic carbocycles. The van der Waals surface area contributed by atoms with Crippen LogP contribution in [-0.2, 0) is 6.54 Å². The fraction of sp³-hybridized carbons (Fsp3) is 0.211. The number of aromatic nitrogens is 1. The van der Waals surface area contributed by atoms with Crippen LogP contribution in [0.4, 0.5) is 4.39 Å². The standard InChI is InChI=1S/C19H19FN2O/c1-13-19(16-8-3-4-9-17(16)21-13)18(23)12-22(2)11-14-6-5-7-15(20)10-14/h3-10,21H,11-12H2,1-2H3. The van der Waals surface area contributed by atoms with E-state index in [9.17, 15) is 9.18 Å². The maximum Gasteiger partial charge on any atom is 0.179 e. The Morgan fingerprint density at radius 2 is 1.96 bits per heavy atom. The highest BCUT2D eigenvalue weighted by Gasteiger charge is 2.17. The molecule has 0 unspecified atom stereocenters. The lowest BCUT2D eigenvalue weighted by atomic mass is 10.1. The molecule has 1 N–H and O–H groups in total. The van der Waals surface area contributed by atoms with Crippen molar-refractivity contribution in [3.63, 3.8) is 0 Å². The number of aromatic amines is 1. The molecule has 0 saturated heterocycles. The lowest BCUT2D eigenvalue weighted by Gasteiger charge is -2.16. The predicted octanol–water partition coefficient (Wildman–Crippen LogP) is 3.93. The number of benzene rings is 2. The molecule has 3 rings (SSSR count). The second kappa shape index (κ2) is 6.34. The molecule has 3 aromatic rings. The summed E-state index contributed by atoms with van der Waals surface area (Å²) in [5, 5.41) is 0.953. The van der Waals surface area contributed by atoms with Gasteiger partial charge in [0.1, 0.15) is 5.82 Å². The van der Waals surface area contributed by atoms with Crippen LogP contribution in [-0.4, -0.2) is 29.3 Å². The molecular weight excluding hydrogens is 291 g/mol. The van der Waals surface area contributed by atoms with Crippen LogP contribution in [0.25, 0.3) is 10.9 Å². The summed E-state index contributed by atoms with van der Waals surface area (Å²) in [5.41, 5.74) is 3.46. The Morgan fingerprint density at radius 3 is 2.74 bits per heavy atom. The summed E-state index contributed by atoms with van der Waals surface area (Å²) in [6.07, 6.45) is 0. The second-order valence-electron chi connectivity index (χ2n) is 5.90. The number of Topliss-reactive ketones (excluding diaryl/α,β-unsaturated/α-hetero) is 1. The van der Waals surface area contributed by atoms with Gasteiger partial charge in [0, 0.05) is 28.7 Å². The molecule has 0 saturated carbocycles. The van der Waals surface area contributed by atoms with Gasteiger partial charge in [-0.1, -0.05) is 30.3 Å². The highest BCUT2D eigenvalue weighted by Crippen LogP contribution is 2.22. The SMILES string of the molecule is Cc1[nH]c2ccccc2c1C(=O)CN(C)Cc1cccc(F)c1. The monoisotopic (exact) mass is 310 g/mol. The Kier molecular flexibility index (Phi) is 4.26. The zero-order valence-corrected chi connectivity index (χ0v) is 13.3. The van der Waals surface area contributed by atoms with Crippen molar-refractivity contribution in [2.75, 3.05) is 13.6 Å². The van der Waals surface area contributed by atoms with E-state index in [1.54, 1.807) is 6.07 Å². The molecule has 1 heterocycles. The number of aryl methyl sites for hydroxylation is 1. The largest absolute Gasteiger partial charge is 0.358 e. The van der Waals surface area contributed by atoms with Gasteiger partial charge in [0.05, 0.1) is 6.54 Å². The highest BCUT2D eigenvalue weighted by atomic mass is 19.1. The number of likely N-dealkylation sites (N-methyl/N-ethyl adjacent to an activating group) is 1. The zero-order valence-electron chi connectivity index (χ0n) is 13.3. The lowest BCUT2D eigenvalue weighted by Crippen LogP contribution is -2.26. The minimum atomic E-state index is -0.255. The van der Waals surface area contributed by atoms with Gasteiger partial charge in [-0.2, -0.15) is 0 Å². The van der Waals surface area contributed by atoms with Crippen molar-refractivity contribution in [1.82, 2.24) is 9.88 Å². The summed E-state index contributed by atoms with van der Waals surface area (Å²) in [5.74, 6) is -0.187. The number of nitrogens with one attached hydrogen (secondary N) is 1. The van der Waals surface area contributed by atoms with Crippen LogP contribution in [0.2, 0.25) is 0 Å². The van der Waals surface area contributed by atoms with Crippen molar-refractivity contribution in [2.45, 2.75) is 13.5 Å². The van der Waals surface area contributed by atoms with Gasteiger partial charge in [-0.05, 0) is 37.7 Å². The molecule has 4 heteroatoms. The number of carbonyl (C=O) groups is 1. The number of halogens is 1. The number of ketones is 1. The number of fused-ring (bicyclic) bond motifs is 1. The molecule has 0 aliphatic rings. The summed E-state index contributed by atoms with van der Waals surface area (Å²) in [4.78, 5) is 17.8. The van der Waals surface area contributed by atoms with E-state index in [0.29, 0.717) is 13.1 Å². The van der Waals surface area contributed by atoms with E-state index in [-0.39, 0.29) is 11.6 Å². The van der Waals surface area contributed by atoms with Crippen molar-refractivity contribution in [1.29, 1.82) is 0 Å². The van der Waals surface area contributed by atoms with E-state index in [1.807, 2.05) is 49.2 Å². The minimum absolute atomic E-state index is 0.0684. The van der Waals surface area contributed by atoms with Crippen molar-refractivity contribution in [2.24, 2.45) is 0 Å². The molecule has 0 fully saturated rings. The first kappa shape index (κ1) is 15.4. The number of hydrogen-bond acceptors (Lipinski definition) is 2. The first-order valence-corrected chi connectivity index (χ1v) is 7.58. The molecule has 0 amide bonds. The molecule has 0 aliphatic carbocycles. The van der Waals surface area contributed by atoms with Gasteiger partial charge in [-0.15, -0.1) is 0 Å². The van der Waals surface area contributed by atoms with Gasteiger partial charge in [0.15, 0.2) is 5.78 Å². The summed E-state index contributed by atoms with van der Waals surface area (Å²) in [7, 11) is 1.87. The van der Waals surface area contributed by atoms with E-state index >= 15 is 0 Å². The summed E-state index contributed by atoms with van der Waals surface area (Å²) < 4.78 is 13.2. The molecular formula is C19H19FN2O. The third-order valence-electron chi connectivity index (χ3n) is 3.93. The second-order valence-corrected chi connectivity index (χ2v) is 5.90. The van der Waals surface area contributed by atoms with Crippen LogP contribution >= 0.6 is 0 Å². The molecule has 0 radical (unpaired) electrons. The number of para-hydroxylation sites is 1. The maximum absolute atomic E-state index is 13.2. The van der Waals surface area contributed by atoms with Gasteiger partial charge in [-0.3, -0.25) is 9.69 Å². The predicted molar refractivity (Wildman–Crippen MR) is 90.1 cm³/mol. The van der Waals surface area contributed by atoms with Gasteiger partial charge >= 0.3 is 0 Å². The van der Waals surface area contributed by atoms with Crippen LogP contribution in [0, 0.1) is 12.7 Å². The topological polar surface area (TPSA) is 36.1 Å². The number of nitrogens with zero attached hydrogens (tertiary/aromatic N) is 1. The molecule has 0 aliphatic heterocycles. The Labute approximate surface area is 134 Å². The number of H-pyrrole nitrogens is 1. The Morgan fingerprint density at radius 1 is 1.17 bits per heavy atom. The van der Waals surface area contributed by atoms with Crippen LogP contribution in [0.15, 0.2) is 48.5 Å². The average molecular weight is 310 g/mol. The van der Waals surface area contributed by atoms with Crippen LogP contribution in [0.1, 0.15) is 21.6 Å². The minimum Gasteiger partial charge on any atom is -0.358 e. The molecule has 118 valence electrons. The maximum atomic E-state index is 13.2. The van der Waals surface area contributed by atoms with E-state index in [1.165, 1.54) is 12.1 Å². The molecule has 0 spiro atoms. The third-order valence-corrected chi connectivity index (χ3v) is 3.93. The average Bonchev–Trinajstić information content (AvgIpc) is 2.82. The quantitative estimate of drug-likeness (QED) is 0.725. The number of hydrogen-bond donors (Lipinski definition) is 1. The molecule has 0 bridgehead atoms. The Hall–Kier alpha value is -2.46. The van der Waals surface area contributed by atoms with Gasteiger partial charge in [0.2, 0.25) is 0 Å². The van der Waals surface area contributed by atoms with E-state index in [2.05, 4.69) is 4.98 Å². The van der Waals surface area contributed by atoms with Gasteiger partial charge < -0.3 is 4.98 Å². The molecule has 1 aromatic heterocycles. The molecule has 0 atom stereocenters. The van der Waals surface area contributed by atoms with Gasteiger partial charge in [-0.25, -0.2) is 4.39 Å². The fourth-order valence-electron chi connectivity index (χ4n) is 2.96. The number of carbonyl (C=O) groups excluding carboxylic acids is 1. The third kappa shape index (κ3) is 3.32. The number of rotatable bonds is 5. The lowest BCUT2D eigenvalue weighted by molar-refractivity contribution is 0.0944. The summed E-state index contributed by atoms with van der Waals surface area (Å²) >= 11 is 0. The van der Waals surface area contributed by atoms with Crippen molar-refractivity contribution in [3.8, 4) is 0 Å². The zero-order chi connectivity index (χ0) is 16.4. The summed E-state index contributed by atoms with van der Waals surface area (Å²) in [6.45, 7) is 2.74. The summed E-state index contributed by atoms with van der Waals surface area (Å²) in [6, 6.07) is 14.3. The van der Waals surface area contributed by atoms with Crippen molar-refractivity contribution < 1.29 is 9.18 Å². The molecule has 23 heavy (non-hydrogen) atoms. The van der Waals surface area contributed by atoms with E-state index in [4.69, 9.17) is 0 Å². The van der Waals surface area contributed by atoms with E-state index < -0.39 is 0 Å². The first-order valence-electron chi connectivity index (χ1n) is 7.58.